The fraction of sp³-hybridized carbons (Fsp3) is 0.231. The van der Waals surface area contributed by atoms with Gasteiger partial charge in [-0.1, -0.05) is 40.9 Å². The fourth-order valence-electron chi connectivity index (χ4n) is 1.97. The third-order valence-corrected chi connectivity index (χ3v) is 5.01. The summed E-state index contributed by atoms with van der Waals surface area (Å²) in [5.74, 6) is -0.391. The van der Waals surface area contributed by atoms with Crippen molar-refractivity contribution < 1.29 is 5.11 Å². The van der Waals surface area contributed by atoms with Crippen molar-refractivity contribution >= 4 is 46.1 Å². The standard InChI is InChI=1S/C13H12Cl3NOS/c14-8-2-1-3-9(15)11(8)7(6-17)12(18)13-10(16)4-5-19-13/h1-5,7,12,18H,6,17H2. The number of nitrogens with two attached hydrogens (primary N) is 1. The van der Waals surface area contributed by atoms with Gasteiger partial charge in [-0.05, 0) is 29.1 Å². The van der Waals surface area contributed by atoms with Crippen molar-refractivity contribution in [3.63, 3.8) is 0 Å². The molecule has 2 aromatic rings. The Bertz CT molecular complexity index is 553. The van der Waals surface area contributed by atoms with Crippen molar-refractivity contribution in [2.45, 2.75) is 12.0 Å². The van der Waals surface area contributed by atoms with E-state index in [0.29, 0.717) is 25.5 Å². The second kappa shape index (κ2) is 6.44. The van der Waals surface area contributed by atoms with Gasteiger partial charge in [-0.25, -0.2) is 0 Å². The van der Waals surface area contributed by atoms with E-state index >= 15 is 0 Å². The van der Waals surface area contributed by atoms with Crippen molar-refractivity contribution in [3.8, 4) is 0 Å². The molecule has 1 aromatic carbocycles. The van der Waals surface area contributed by atoms with Crippen LogP contribution in [0.5, 0.6) is 0 Å². The molecule has 2 rings (SSSR count). The van der Waals surface area contributed by atoms with Crippen LogP contribution >= 0.6 is 46.1 Å². The largest absolute Gasteiger partial charge is 0.387 e. The van der Waals surface area contributed by atoms with Crippen LogP contribution in [0.15, 0.2) is 29.6 Å². The van der Waals surface area contributed by atoms with E-state index in [1.54, 1.807) is 24.3 Å². The van der Waals surface area contributed by atoms with Gasteiger partial charge < -0.3 is 10.8 Å². The summed E-state index contributed by atoms with van der Waals surface area (Å²) < 4.78 is 0. The molecule has 102 valence electrons. The number of benzene rings is 1. The normalized spacial score (nSPS) is 14.4. The zero-order valence-electron chi connectivity index (χ0n) is 9.82. The van der Waals surface area contributed by atoms with Crippen molar-refractivity contribution in [2.75, 3.05) is 6.54 Å². The Kier molecular flexibility index (Phi) is 5.12. The monoisotopic (exact) mass is 335 g/mol. The molecular weight excluding hydrogens is 325 g/mol. The molecule has 19 heavy (non-hydrogen) atoms. The number of rotatable bonds is 4. The number of aliphatic hydroxyl groups is 1. The molecule has 0 saturated carbocycles. The van der Waals surface area contributed by atoms with Crippen LogP contribution in [0.25, 0.3) is 0 Å². The Morgan fingerprint density at radius 1 is 1.11 bits per heavy atom. The van der Waals surface area contributed by atoms with Crippen LogP contribution in [0.3, 0.4) is 0 Å². The van der Waals surface area contributed by atoms with E-state index in [9.17, 15) is 5.11 Å². The molecule has 0 aliphatic carbocycles. The van der Waals surface area contributed by atoms with E-state index < -0.39 is 12.0 Å². The summed E-state index contributed by atoms with van der Waals surface area (Å²) in [6.07, 6.45) is -0.824. The molecular formula is C13H12Cl3NOS. The van der Waals surface area contributed by atoms with Crippen LogP contribution in [0.2, 0.25) is 15.1 Å². The molecule has 0 aliphatic heterocycles. The van der Waals surface area contributed by atoms with Crippen LogP contribution in [0, 0.1) is 0 Å². The first kappa shape index (κ1) is 15.1. The maximum atomic E-state index is 10.5. The molecule has 0 spiro atoms. The highest BCUT2D eigenvalue weighted by Gasteiger charge is 2.27. The van der Waals surface area contributed by atoms with Crippen LogP contribution in [0.4, 0.5) is 0 Å². The molecule has 1 aromatic heterocycles. The lowest BCUT2D eigenvalue weighted by Crippen LogP contribution is -2.20. The lowest BCUT2D eigenvalue weighted by Gasteiger charge is -2.23. The lowest BCUT2D eigenvalue weighted by atomic mass is 9.92. The van der Waals surface area contributed by atoms with Crippen LogP contribution in [-0.4, -0.2) is 11.7 Å². The second-order valence-corrected chi connectivity index (χ2v) is 6.22. The van der Waals surface area contributed by atoms with Gasteiger partial charge in [0.1, 0.15) is 0 Å². The van der Waals surface area contributed by atoms with Crippen LogP contribution in [-0.2, 0) is 0 Å². The van der Waals surface area contributed by atoms with E-state index in [1.807, 2.05) is 5.38 Å². The van der Waals surface area contributed by atoms with E-state index in [4.69, 9.17) is 40.5 Å². The summed E-state index contributed by atoms with van der Waals surface area (Å²) in [5, 5.41) is 13.8. The van der Waals surface area contributed by atoms with Gasteiger partial charge in [-0.3, -0.25) is 0 Å². The maximum Gasteiger partial charge on any atom is 0.0978 e. The van der Waals surface area contributed by atoms with Gasteiger partial charge in [0.05, 0.1) is 16.0 Å². The average Bonchev–Trinajstić information content (AvgIpc) is 2.79. The number of thiophene rings is 1. The van der Waals surface area contributed by atoms with Crippen molar-refractivity contribution in [1.82, 2.24) is 0 Å². The Labute approximate surface area is 130 Å². The number of halogens is 3. The Morgan fingerprint density at radius 3 is 2.21 bits per heavy atom. The lowest BCUT2D eigenvalue weighted by molar-refractivity contribution is 0.151. The van der Waals surface area contributed by atoms with Crippen molar-refractivity contribution in [3.05, 3.63) is 55.2 Å². The molecule has 0 radical (unpaired) electrons. The fourth-order valence-corrected chi connectivity index (χ4v) is 3.86. The molecule has 3 N–H and O–H groups in total. The summed E-state index contributed by atoms with van der Waals surface area (Å²) in [7, 11) is 0. The maximum absolute atomic E-state index is 10.5. The van der Waals surface area contributed by atoms with Gasteiger partial charge in [0, 0.05) is 22.5 Å². The Hall–Kier alpha value is -0.290. The zero-order chi connectivity index (χ0) is 14.0. The van der Waals surface area contributed by atoms with Crippen molar-refractivity contribution in [2.24, 2.45) is 5.73 Å². The quantitative estimate of drug-likeness (QED) is 0.864. The van der Waals surface area contributed by atoms with Gasteiger partial charge in [0.25, 0.3) is 0 Å². The minimum absolute atomic E-state index is 0.221. The summed E-state index contributed by atoms with van der Waals surface area (Å²) >= 11 is 19.8. The van der Waals surface area contributed by atoms with E-state index in [1.165, 1.54) is 11.3 Å². The third-order valence-electron chi connectivity index (χ3n) is 2.92. The molecule has 6 heteroatoms. The van der Waals surface area contributed by atoms with Gasteiger partial charge in [-0.2, -0.15) is 0 Å². The molecule has 2 nitrogen and oxygen atoms in total. The first-order chi connectivity index (χ1) is 9.06. The molecule has 0 saturated heterocycles. The second-order valence-electron chi connectivity index (χ2n) is 4.06. The first-order valence-electron chi connectivity index (χ1n) is 5.61. The van der Waals surface area contributed by atoms with Gasteiger partial charge in [-0.15, -0.1) is 11.3 Å². The number of hydrogen-bond acceptors (Lipinski definition) is 3. The molecule has 0 aliphatic rings. The molecule has 0 fully saturated rings. The third kappa shape index (κ3) is 3.07. The molecule has 0 amide bonds. The smallest absolute Gasteiger partial charge is 0.0978 e. The molecule has 2 atom stereocenters. The highest BCUT2D eigenvalue weighted by atomic mass is 35.5. The Balaban J connectivity index is 2.43. The molecule has 2 unspecified atom stereocenters. The summed E-state index contributed by atoms with van der Waals surface area (Å²) in [4.78, 5) is 0.674. The van der Waals surface area contributed by atoms with Gasteiger partial charge in [0.15, 0.2) is 0 Å². The SMILES string of the molecule is NCC(c1c(Cl)cccc1Cl)C(O)c1sccc1Cl. The van der Waals surface area contributed by atoms with Gasteiger partial charge >= 0.3 is 0 Å². The average molecular weight is 337 g/mol. The first-order valence-corrected chi connectivity index (χ1v) is 7.62. The van der Waals surface area contributed by atoms with Crippen molar-refractivity contribution in [1.29, 1.82) is 0 Å². The Morgan fingerprint density at radius 2 is 1.74 bits per heavy atom. The summed E-state index contributed by atoms with van der Waals surface area (Å²) in [6, 6.07) is 6.96. The molecule has 0 bridgehead atoms. The van der Waals surface area contributed by atoms with Crippen LogP contribution < -0.4 is 5.73 Å². The van der Waals surface area contributed by atoms with E-state index in [0.717, 1.165) is 0 Å². The predicted molar refractivity (Wildman–Crippen MR) is 82.5 cm³/mol. The summed E-state index contributed by atoms with van der Waals surface area (Å²) in [6.45, 7) is 0.221. The van der Waals surface area contributed by atoms with Gasteiger partial charge in [0.2, 0.25) is 0 Å². The molecule has 1 heterocycles. The number of aliphatic hydroxyl groups excluding tert-OH is 1. The van der Waals surface area contributed by atoms with E-state index in [-0.39, 0.29) is 6.54 Å². The highest BCUT2D eigenvalue weighted by molar-refractivity contribution is 7.10. The topological polar surface area (TPSA) is 46.2 Å². The predicted octanol–water partition coefficient (Wildman–Crippen LogP) is 4.48. The minimum Gasteiger partial charge on any atom is -0.387 e. The summed E-state index contributed by atoms with van der Waals surface area (Å²) in [5.41, 5.74) is 6.44. The van der Waals surface area contributed by atoms with Crippen LogP contribution in [0.1, 0.15) is 22.5 Å². The van der Waals surface area contributed by atoms with E-state index in [2.05, 4.69) is 0 Å². The highest BCUT2D eigenvalue weighted by Crippen LogP contribution is 2.41. The minimum atomic E-state index is -0.824. The number of hydrogen-bond donors (Lipinski definition) is 2. The zero-order valence-corrected chi connectivity index (χ0v) is 12.9.